The number of aryl methyl sites for hydroxylation is 3. The van der Waals surface area contributed by atoms with E-state index in [0.29, 0.717) is 119 Å². The predicted molar refractivity (Wildman–Crippen MR) is 575 cm³/mol. The first kappa shape index (κ1) is 89.1. The molecule has 0 saturated heterocycles. The molecule has 0 N–H and O–H groups in total. The lowest BCUT2D eigenvalue weighted by Crippen LogP contribution is -2.42. The van der Waals surface area contributed by atoms with Gasteiger partial charge in [0.25, 0.3) is 23.6 Å². The third-order valence-electron chi connectivity index (χ3n) is 30.0. The Morgan fingerprint density at radius 1 is 0.295 bits per heavy atom. The molecule has 4 amide bonds. The molecule has 0 saturated carbocycles. The second-order valence-corrected chi connectivity index (χ2v) is 44.3. The maximum absolute atomic E-state index is 16.4. The Labute approximate surface area is 813 Å². The van der Waals surface area contributed by atoms with Gasteiger partial charge in [0.15, 0.2) is 0 Å². The number of ether oxygens (including phenoxy) is 4. The minimum absolute atomic E-state index is 0.114. The third-order valence-corrected chi connectivity index (χ3v) is 30.0. The van der Waals surface area contributed by atoms with Gasteiger partial charge in [0.1, 0.15) is 46.0 Å². The summed E-state index contributed by atoms with van der Waals surface area (Å²) < 4.78 is 29.5. The summed E-state index contributed by atoms with van der Waals surface area (Å²) in [7, 11) is 0. The van der Waals surface area contributed by atoms with Gasteiger partial charge in [-0.3, -0.25) is 19.2 Å². The van der Waals surface area contributed by atoms with Crippen LogP contribution in [0.2, 0.25) is 0 Å². The Hall–Kier alpha value is -15.1. The second kappa shape index (κ2) is 31.7. The van der Waals surface area contributed by atoms with Crippen molar-refractivity contribution in [3.8, 4) is 115 Å². The average molecular weight is 1820 g/mol. The summed E-state index contributed by atoms with van der Waals surface area (Å²) >= 11 is 0. The molecule has 0 unspecified atom stereocenters. The molecular weight excluding hydrogens is 1710 g/mol. The highest BCUT2D eigenvalue weighted by Gasteiger charge is 2.45. The number of carbonyl (C=O) groups excluding carboxylic acids is 4. The van der Waals surface area contributed by atoms with Crippen LogP contribution in [0.5, 0.6) is 46.0 Å². The first-order valence-corrected chi connectivity index (χ1v) is 48.9. The summed E-state index contributed by atoms with van der Waals surface area (Å²) in [5.74, 6) is 7.70. The molecule has 10 nitrogen and oxygen atoms in total. The lowest BCUT2D eigenvalue weighted by molar-refractivity contribution is 0.0877. The molecule has 18 aromatic rings. The maximum Gasteiger partial charge on any atom is 0.266 e. The summed E-state index contributed by atoms with van der Waals surface area (Å²) in [5, 5.41) is 13.4. The van der Waals surface area contributed by atoms with Gasteiger partial charge in [0, 0.05) is 54.2 Å². The number of nitrogens with zero attached hydrogens (tertiary/aromatic N) is 2. The highest BCUT2D eigenvalue weighted by molar-refractivity contribution is 6.48. The van der Waals surface area contributed by atoms with E-state index in [1.165, 1.54) is 20.9 Å². The van der Waals surface area contributed by atoms with E-state index < -0.39 is 23.6 Å². The number of fused-ring (bicyclic) bond motifs is 10. The van der Waals surface area contributed by atoms with Gasteiger partial charge in [-0.2, -0.15) is 0 Å². The van der Waals surface area contributed by atoms with Crippen LogP contribution in [-0.2, 0) is 34.5 Å². The van der Waals surface area contributed by atoms with Gasteiger partial charge < -0.3 is 18.9 Å². The Bertz CT molecular complexity index is 8240. The van der Waals surface area contributed by atoms with E-state index in [9.17, 15) is 0 Å². The smallest absolute Gasteiger partial charge is 0.266 e. The van der Waals surface area contributed by atoms with Crippen molar-refractivity contribution < 1.29 is 38.1 Å². The summed E-state index contributed by atoms with van der Waals surface area (Å²) in [5.41, 5.74) is 24.5. The molecule has 18 aromatic carbocycles. The number of rotatable bonds is 18. The molecule has 2 aliphatic heterocycles. The predicted octanol–water partition coefficient (Wildman–Crippen LogP) is 34.2. The van der Waals surface area contributed by atoms with Crippen molar-refractivity contribution in [1.82, 2.24) is 0 Å². The van der Waals surface area contributed by atoms with Crippen LogP contribution in [-0.4, -0.2) is 23.6 Å². The third kappa shape index (κ3) is 13.9. The molecule has 2 aliphatic carbocycles. The minimum atomic E-state index is -0.456. The standard InChI is InChI=1S/C129H112N2O8/c1-25-71-55-92(66(4)5)120(93(56-71)67(6)7)130-122(132)100-62-104(136-80-38-30-76(31-39-80)126(13,14)15)114-88-50-46-84-96-54-70(12)74(60-98(96)86-48-52-89(110(88)108(84)86)115-105(63-101(123(130)133)112(100)118(114)115)137-81-40-32-77(33-41-81)127(16,17)18)28-29-75-61-99-87-49-53-91-111-90(51-47-85(109(87)111)97(99)59-73(75)27-3)116-106(138-82-42-34-78(35-43-82)128(19,20)21)64-102-113-103(65-107(117(91)119(113)116)139-83-44-36-79(37-45-83)129(22,23)24)125(135)131(124(102)134)121-94(68(8)9)57-72(26-2)58-95(121)69(10)11/h1-2,27,30-69H,3,28-29H2,4-24H3. The summed E-state index contributed by atoms with van der Waals surface area (Å²) in [6, 6.07) is 75.7. The molecule has 10 heteroatoms. The van der Waals surface area contributed by atoms with Crippen LogP contribution in [0.25, 0.3) is 137 Å². The molecule has 22 rings (SSSR count). The monoisotopic (exact) mass is 1820 g/mol. The van der Waals surface area contributed by atoms with Crippen LogP contribution in [0.3, 0.4) is 0 Å². The van der Waals surface area contributed by atoms with Gasteiger partial charge in [0.05, 0.1) is 33.6 Å². The highest BCUT2D eigenvalue weighted by Crippen LogP contribution is 2.62. The SMILES string of the molecule is C#Cc1cc(C(C)C)c(N2C(=O)c3cc(Oc4ccc(C(C)(C)C)cc4)c4c5ccc6c7c(ccc(c8c(Oc9ccc(C(C)(C)C)cc9)cc(c3c48)C2=O)c75)-c2cc(CCc3cc4c(cc3C=C)-c3ccc5c7c(Oc8ccc(C(C)(C)C)cc8)cc8c9c(cc(Oc%10ccc(C(C)(C)C)cc%10)c(c%10ccc-4c3c5%10)c97)C(=O)N(c3c(C(C)C)cc(C#C)cc3C(C)C)C8=O)c(C)cc2-6)c(C(C)C)c1. The molecule has 0 spiro atoms. The Balaban J connectivity index is 0.696. The number of imide groups is 2. The zero-order valence-electron chi connectivity index (χ0n) is 83.1. The van der Waals surface area contributed by atoms with Gasteiger partial charge >= 0.3 is 0 Å². The van der Waals surface area contributed by atoms with E-state index >= 15 is 19.2 Å². The molecule has 139 heavy (non-hydrogen) atoms. The number of anilines is 2. The van der Waals surface area contributed by atoms with Crippen molar-refractivity contribution >= 4 is 127 Å². The number of hydrogen-bond donors (Lipinski definition) is 0. The van der Waals surface area contributed by atoms with E-state index in [1.807, 2.05) is 103 Å². The fraction of sp³-hybridized carbons (Fsp3) is 0.240. The molecule has 0 radical (unpaired) electrons. The quantitative estimate of drug-likeness (QED) is 0.0361. The Morgan fingerprint density at radius 2 is 0.547 bits per heavy atom. The summed E-state index contributed by atoms with van der Waals surface area (Å²) in [6.45, 7) is 49.7. The second-order valence-electron chi connectivity index (χ2n) is 44.3. The fourth-order valence-corrected chi connectivity index (χ4v) is 22.7. The molecule has 0 fully saturated rings. The number of amides is 4. The lowest BCUT2D eigenvalue weighted by Gasteiger charge is -2.34. The van der Waals surface area contributed by atoms with Gasteiger partial charge in [-0.05, 0) is 329 Å². The molecule has 0 atom stereocenters. The van der Waals surface area contributed by atoms with Crippen molar-refractivity contribution in [3.05, 3.63) is 325 Å². The Morgan fingerprint density at radius 3 is 0.806 bits per heavy atom. The minimum Gasteiger partial charge on any atom is -0.457 e. The fourth-order valence-electron chi connectivity index (χ4n) is 22.7. The van der Waals surface area contributed by atoms with Gasteiger partial charge in [-0.15, -0.1) is 12.8 Å². The first-order chi connectivity index (χ1) is 66.2. The van der Waals surface area contributed by atoms with Gasteiger partial charge in [-0.1, -0.05) is 272 Å². The van der Waals surface area contributed by atoms with Gasteiger partial charge in [-0.25, -0.2) is 9.80 Å². The summed E-state index contributed by atoms with van der Waals surface area (Å²) in [6.07, 6.45) is 15.8. The highest BCUT2D eigenvalue weighted by atomic mass is 16.5. The van der Waals surface area contributed by atoms with E-state index in [4.69, 9.17) is 31.8 Å². The molecular formula is C129H112N2O8. The van der Waals surface area contributed by atoms with Crippen molar-refractivity contribution in [2.75, 3.05) is 9.80 Å². The van der Waals surface area contributed by atoms with E-state index in [-0.39, 0.29) is 45.3 Å². The van der Waals surface area contributed by atoms with Crippen LogP contribution < -0.4 is 28.7 Å². The van der Waals surface area contributed by atoms with Crippen molar-refractivity contribution in [1.29, 1.82) is 0 Å². The molecule has 0 aromatic heterocycles. The van der Waals surface area contributed by atoms with Crippen LogP contribution in [0, 0.1) is 31.6 Å². The van der Waals surface area contributed by atoms with E-state index in [0.717, 1.165) is 171 Å². The van der Waals surface area contributed by atoms with Crippen LogP contribution in [0.4, 0.5) is 11.4 Å². The first-order valence-electron chi connectivity index (χ1n) is 48.9. The molecule has 4 aliphatic rings. The van der Waals surface area contributed by atoms with Crippen LogP contribution >= 0.6 is 0 Å². The number of terminal acetylenes is 2. The van der Waals surface area contributed by atoms with Crippen molar-refractivity contribution in [2.24, 2.45) is 0 Å². The number of benzene rings is 18. The van der Waals surface area contributed by atoms with E-state index in [2.05, 4.69) is 285 Å². The Kier molecular flexibility index (Phi) is 20.3. The lowest BCUT2D eigenvalue weighted by atomic mass is 9.82. The molecule has 686 valence electrons. The average Bonchev–Trinajstić information content (AvgIpc) is 1.67. The normalized spacial score (nSPS) is 13.6. The molecule has 2 heterocycles. The zero-order chi connectivity index (χ0) is 97.6. The van der Waals surface area contributed by atoms with Crippen LogP contribution in [0.15, 0.2) is 225 Å². The maximum atomic E-state index is 16.4. The number of hydrogen-bond acceptors (Lipinski definition) is 8. The number of carbonyl (C=O) groups is 4. The van der Waals surface area contributed by atoms with Crippen molar-refractivity contribution in [2.45, 2.75) is 204 Å². The van der Waals surface area contributed by atoms with Gasteiger partial charge in [0.2, 0.25) is 0 Å². The topological polar surface area (TPSA) is 112 Å². The van der Waals surface area contributed by atoms with E-state index in [1.54, 1.807) is 0 Å². The van der Waals surface area contributed by atoms with Crippen LogP contribution in [0.1, 0.15) is 281 Å². The summed E-state index contributed by atoms with van der Waals surface area (Å²) in [4.78, 5) is 68.3. The molecule has 0 bridgehead atoms. The van der Waals surface area contributed by atoms with Crippen molar-refractivity contribution in [3.63, 3.8) is 0 Å². The zero-order valence-corrected chi connectivity index (χ0v) is 83.1. The largest absolute Gasteiger partial charge is 0.457 e.